The molecule has 0 saturated heterocycles. The average molecular weight is 627 g/mol. The Bertz CT molecular complexity index is 1510. The Balaban J connectivity index is 1.51. The number of unbranched alkanes of at least 4 members (excludes halogenated alkanes) is 1. The van der Waals surface area contributed by atoms with E-state index in [1.807, 2.05) is 0 Å². The lowest BCUT2D eigenvalue weighted by Gasteiger charge is -2.48. The van der Waals surface area contributed by atoms with Crippen LogP contribution in [-0.2, 0) is 0 Å². The minimum atomic E-state index is -0.674. The smallest absolute Gasteiger partial charge is 0.00900 e. The second-order valence-electron chi connectivity index (χ2n) is 12.9. The van der Waals surface area contributed by atoms with Crippen molar-refractivity contribution < 1.29 is 0 Å². The molecule has 0 amide bonds. The summed E-state index contributed by atoms with van der Waals surface area (Å²) in [6, 6.07) is 55.2. The van der Waals surface area contributed by atoms with Gasteiger partial charge in [-0.2, -0.15) is 0 Å². The van der Waals surface area contributed by atoms with Crippen LogP contribution >= 0.6 is 15.8 Å². The molecule has 2 heteroatoms. The van der Waals surface area contributed by atoms with Gasteiger partial charge in [0.25, 0.3) is 0 Å². The summed E-state index contributed by atoms with van der Waals surface area (Å²) in [6.45, 7) is 7.53. The topological polar surface area (TPSA) is 0 Å². The average Bonchev–Trinajstić information content (AvgIpc) is 3.10. The molecule has 1 fully saturated rings. The highest BCUT2D eigenvalue weighted by atomic mass is 31.1. The molecular weight excluding hydrogens is 578 g/mol. The first kappa shape index (κ1) is 31.9. The monoisotopic (exact) mass is 626 g/mol. The summed E-state index contributed by atoms with van der Waals surface area (Å²) in [5, 5.41) is 7.48. The van der Waals surface area contributed by atoms with Crippen molar-refractivity contribution >= 4 is 42.4 Å². The second kappa shape index (κ2) is 15.5. The molecule has 0 bridgehead atoms. The maximum Gasteiger partial charge on any atom is -0.00900 e. The lowest BCUT2D eigenvalue weighted by atomic mass is 9.62. The normalized spacial score (nSPS) is 20.7. The van der Waals surface area contributed by atoms with Crippen LogP contribution in [0.25, 0.3) is 0 Å². The van der Waals surface area contributed by atoms with E-state index in [9.17, 15) is 0 Å². The molecule has 5 aromatic rings. The van der Waals surface area contributed by atoms with Crippen molar-refractivity contribution in [3.05, 3.63) is 151 Å². The van der Waals surface area contributed by atoms with E-state index < -0.39 is 15.8 Å². The van der Waals surface area contributed by atoms with Crippen molar-refractivity contribution in [3.8, 4) is 0 Å². The fraction of sp³-hybridized carbons (Fsp3) is 0.302. The number of hydrogen-bond donors (Lipinski definition) is 0. The summed E-state index contributed by atoms with van der Waals surface area (Å²) in [5.41, 5.74) is 2.19. The van der Waals surface area contributed by atoms with Crippen LogP contribution in [0.2, 0.25) is 0 Å². The van der Waals surface area contributed by atoms with E-state index in [4.69, 9.17) is 0 Å². The van der Waals surface area contributed by atoms with Crippen LogP contribution in [0.3, 0.4) is 0 Å². The lowest BCUT2D eigenvalue weighted by molar-refractivity contribution is 0.142. The van der Waals surface area contributed by atoms with Crippen LogP contribution in [0.5, 0.6) is 0 Å². The quantitative estimate of drug-likeness (QED) is 0.128. The van der Waals surface area contributed by atoms with Crippen LogP contribution in [-0.4, -0.2) is 5.66 Å². The number of rotatable bonds is 11. The molecule has 0 aliphatic heterocycles. The summed E-state index contributed by atoms with van der Waals surface area (Å²) >= 11 is 0. The maximum absolute atomic E-state index is 2.61. The Morgan fingerprint density at radius 1 is 0.600 bits per heavy atom. The van der Waals surface area contributed by atoms with Gasteiger partial charge in [0, 0.05) is 0 Å². The lowest BCUT2D eigenvalue weighted by Crippen LogP contribution is -2.40. The molecule has 230 valence electrons. The van der Waals surface area contributed by atoms with E-state index in [2.05, 4.69) is 166 Å². The molecule has 6 rings (SSSR count). The zero-order valence-electron chi connectivity index (χ0n) is 27.2. The molecule has 3 unspecified atom stereocenters. The first-order chi connectivity index (χ1) is 22.2. The van der Waals surface area contributed by atoms with Gasteiger partial charge in [-0.25, -0.2) is 0 Å². The Morgan fingerprint density at radius 2 is 1.07 bits per heavy atom. The highest BCUT2D eigenvalue weighted by molar-refractivity contribution is 7.80. The van der Waals surface area contributed by atoms with Crippen molar-refractivity contribution in [1.82, 2.24) is 0 Å². The van der Waals surface area contributed by atoms with E-state index >= 15 is 0 Å². The first-order valence-electron chi connectivity index (χ1n) is 17.1. The molecule has 0 spiro atoms. The Kier molecular flexibility index (Phi) is 11.0. The predicted octanol–water partition coefficient (Wildman–Crippen LogP) is 9.90. The minimum absolute atomic E-state index is 0.505. The predicted molar refractivity (Wildman–Crippen MR) is 201 cm³/mol. The molecular formula is C43H48P2. The van der Waals surface area contributed by atoms with Gasteiger partial charge in [0.15, 0.2) is 0 Å². The fourth-order valence-corrected chi connectivity index (χ4v) is 13.4. The number of hydrogen-bond acceptors (Lipinski definition) is 0. The second-order valence-corrected chi connectivity index (χ2v) is 17.7. The van der Waals surface area contributed by atoms with Crippen LogP contribution in [0.15, 0.2) is 146 Å². The Morgan fingerprint density at radius 3 is 1.58 bits per heavy atom. The summed E-state index contributed by atoms with van der Waals surface area (Å²) in [6.07, 6.45) is 6.54. The highest BCUT2D eigenvalue weighted by Crippen LogP contribution is 2.55. The zero-order chi connectivity index (χ0) is 31.0. The summed E-state index contributed by atoms with van der Waals surface area (Å²) < 4.78 is 0. The van der Waals surface area contributed by atoms with Crippen molar-refractivity contribution in [3.63, 3.8) is 0 Å². The van der Waals surface area contributed by atoms with Gasteiger partial charge in [-0.15, -0.1) is 0 Å². The molecule has 0 aromatic heterocycles. The van der Waals surface area contributed by atoms with Crippen molar-refractivity contribution in [2.75, 3.05) is 0 Å². The van der Waals surface area contributed by atoms with Crippen molar-refractivity contribution in [1.29, 1.82) is 0 Å². The molecule has 1 aliphatic rings. The largest absolute Gasteiger partial charge is 0.0654 e. The van der Waals surface area contributed by atoms with Gasteiger partial charge in [-0.05, 0) is 90.1 Å². The molecule has 0 heterocycles. The Hall–Kier alpha value is -3.04. The van der Waals surface area contributed by atoms with Gasteiger partial charge < -0.3 is 0 Å². The van der Waals surface area contributed by atoms with Crippen LogP contribution in [0, 0.1) is 17.8 Å². The van der Waals surface area contributed by atoms with E-state index in [1.54, 1.807) is 10.9 Å². The van der Waals surface area contributed by atoms with Crippen LogP contribution < -0.4 is 26.5 Å². The van der Waals surface area contributed by atoms with Gasteiger partial charge >= 0.3 is 0 Å². The third kappa shape index (κ3) is 7.19. The first-order valence-corrected chi connectivity index (χ1v) is 19.8. The van der Waals surface area contributed by atoms with Crippen LogP contribution in [0.4, 0.5) is 0 Å². The van der Waals surface area contributed by atoms with Gasteiger partial charge in [0.1, 0.15) is 0 Å². The SMILES string of the molecule is CCCC[C@@H]1C(C)CC[C@@H](C(C)P(c2ccccc2)c2ccccc2)C1c1ccccc1P(c1ccccc1)c1ccccc1. The van der Waals surface area contributed by atoms with Crippen molar-refractivity contribution in [2.24, 2.45) is 17.8 Å². The maximum atomic E-state index is 2.61. The van der Waals surface area contributed by atoms with Gasteiger partial charge in [-0.1, -0.05) is 186 Å². The van der Waals surface area contributed by atoms with E-state index in [0.29, 0.717) is 23.4 Å². The van der Waals surface area contributed by atoms with E-state index in [1.165, 1.54) is 53.3 Å². The van der Waals surface area contributed by atoms with E-state index in [-0.39, 0.29) is 0 Å². The van der Waals surface area contributed by atoms with Crippen molar-refractivity contribution in [2.45, 2.75) is 64.5 Å². The molecule has 1 aliphatic carbocycles. The summed E-state index contributed by atoms with van der Waals surface area (Å²) in [7, 11) is -1.18. The van der Waals surface area contributed by atoms with Gasteiger partial charge in [0.2, 0.25) is 0 Å². The molecule has 1 saturated carbocycles. The minimum Gasteiger partial charge on any atom is -0.0654 e. The number of benzene rings is 5. The third-order valence-electron chi connectivity index (χ3n) is 10.2. The molecule has 0 nitrogen and oxygen atoms in total. The fourth-order valence-electron chi connectivity index (χ4n) is 7.97. The molecule has 45 heavy (non-hydrogen) atoms. The molecule has 0 N–H and O–H groups in total. The molecule has 0 radical (unpaired) electrons. The standard InChI is InChI=1S/C43H48P2/c1-4-5-28-39-33(2)31-32-40(34(3)44(35-20-10-6-11-21-35)36-22-12-7-13-23-36)43(39)41-29-18-19-30-42(41)45(37-24-14-8-15-25-37)38-26-16-9-17-27-38/h6-27,29-30,33-34,39-40,43H,4-5,28,31-32H2,1-3H3/t33?,34?,39-,40+,43?/m1/s1. The molecule has 5 aromatic carbocycles. The van der Waals surface area contributed by atoms with Gasteiger partial charge in [0.05, 0.1) is 0 Å². The third-order valence-corrected chi connectivity index (χ3v) is 15.6. The summed E-state index contributed by atoms with van der Waals surface area (Å²) in [4.78, 5) is 0. The molecule has 5 atom stereocenters. The van der Waals surface area contributed by atoms with E-state index in [0.717, 1.165) is 5.92 Å². The summed E-state index contributed by atoms with van der Waals surface area (Å²) in [5.74, 6) is 2.59. The Labute approximate surface area is 274 Å². The van der Waals surface area contributed by atoms with Crippen LogP contribution in [0.1, 0.15) is 64.4 Å². The highest BCUT2D eigenvalue weighted by Gasteiger charge is 2.44. The van der Waals surface area contributed by atoms with Gasteiger partial charge in [-0.3, -0.25) is 0 Å². The zero-order valence-corrected chi connectivity index (χ0v) is 29.0.